The second-order valence-electron chi connectivity index (χ2n) is 16.1. The first-order chi connectivity index (χ1) is 29.7. The van der Waals surface area contributed by atoms with E-state index in [2.05, 4.69) is 228 Å². The van der Waals surface area contributed by atoms with E-state index < -0.39 is 0 Å². The molecule has 9 aromatic rings. The van der Waals surface area contributed by atoms with Crippen molar-refractivity contribution in [2.45, 2.75) is 25.7 Å². The normalized spacial score (nSPS) is 14.1. The van der Waals surface area contributed by atoms with Gasteiger partial charge in [-0.3, -0.25) is 0 Å². The van der Waals surface area contributed by atoms with Crippen LogP contribution in [0.4, 0.5) is 28.4 Å². The van der Waals surface area contributed by atoms with E-state index in [-0.39, 0.29) is 0 Å². The molecule has 2 heteroatoms. The van der Waals surface area contributed by atoms with Crippen molar-refractivity contribution in [3.63, 3.8) is 0 Å². The predicted molar refractivity (Wildman–Crippen MR) is 257 cm³/mol. The summed E-state index contributed by atoms with van der Waals surface area (Å²) in [7, 11) is 0. The molecular weight excluding hydrogens is 725 g/mol. The van der Waals surface area contributed by atoms with Gasteiger partial charge in [0.2, 0.25) is 0 Å². The number of hydrogen-bond donors (Lipinski definition) is 0. The maximum absolute atomic E-state index is 2.46. The molecule has 2 aliphatic rings. The molecule has 0 saturated carbocycles. The Kier molecular flexibility index (Phi) is 9.17. The summed E-state index contributed by atoms with van der Waals surface area (Å²) in [5, 5.41) is 9.99. The molecule has 0 fully saturated rings. The van der Waals surface area contributed by atoms with Crippen molar-refractivity contribution in [3.8, 4) is 0 Å². The lowest BCUT2D eigenvalue weighted by Gasteiger charge is -2.31. The number of nitrogens with zero attached hydrogens (tertiary/aromatic N) is 2. The van der Waals surface area contributed by atoms with Crippen LogP contribution in [0.15, 0.2) is 235 Å². The third-order valence-corrected chi connectivity index (χ3v) is 12.4. The van der Waals surface area contributed by atoms with Crippen molar-refractivity contribution < 1.29 is 0 Å². The van der Waals surface area contributed by atoms with E-state index >= 15 is 0 Å². The molecule has 9 aromatic carbocycles. The molecule has 2 aliphatic carbocycles. The first-order valence-electron chi connectivity index (χ1n) is 21.2. The molecule has 286 valence electrons. The van der Waals surface area contributed by atoms with Crippen molar-refractivity contribution in [1.29, 1.82) is 0 Å². The Hall–Kier alpha value is -7.42. The molecule has 0 bridgehead atoms. The maximum atomic E-state index is 2.46. The van der Waals surface area contributed by atoms with Crippen LogP contribution in [0.3, 0.4) is 0 Å². The fraction of sp³-hybridized carbons (Fsp3) is 0.0690. The lowest BCUT2D eigenvalue weighted by molar-refractivity contribution is 0.854. The zero-order chi connectivity index (χ0) is 39.8. The third kappa shape index (κ3) is 6.86. The zero-order valence-corrected chi connectivity index (χ0v) is 33.5. The van der Waals surface area contributed by atoms with Gasteiger partial charge in [-0.25, -0.2) is 0 Å². The van der Waals surface area contributed by atoms with Crippen molar-refractivity contribution in [2.75, 3.05) is 9.80 Å². The van der Waals surface area contributed by atoms with Crippen LogP contribution in [0.25, 0.3) is 48.7 Å². The third-order valence-electron chi connectivity index (χ3n) is 12.4. The zero-order valence-electron chi connectivity index (χ0n) is 33.5. The summed E-state index contributed by atoms with van der Waals surface area (Å²) in [4.78, 5) is 4.85. The van der Waals surface area contributed by atoms with Crippen LogP contribution >= 0.6 is 0 Å². The summed E-state index contributed by atoms with van der Waals surface area (Å²) in [5.41, 5.74) is 12.7. The smallest absolute Gasteiger partial charge is 0.0468 e. The van der Waals surface area contributed by atoms with Gasteiger partial charge in [0.15, 0.2) is 0 Å². The number of anilines is 5. The number of benzene rings is 9. The van der Waals surface area contributed by atoms with Crippen LogP contribution in [0.1, 0.15) is 31.2 Å². The van der Waals surface area contributed by atoms with Gasteiger partial charge in [-0.05, 0) is 158 Å². The summed E-state index contributed by atoms with van der Waals surface area (Å²) in [6.07, 6.45) is 13.5. The van der Waals surface area contributed by atoms with Gasteiger partial charge in [0.25, 0.3) is 0 Å². The molecule has 0 heterocycles. The first-order valence-corrected chi connectivity index (χ1v) is 21.2. The Balaban J connectivity index is 0.882. The highest BCUT2D eigenvalue weighted by atomic mass is 15.2. The number of allylic oxidation sites excluding steroid dienone is 8. The highest BCUT2D eigenvalue weighted by molar-refractivity contribution is 5.94. The van der Waals surface area contributed by atoms with E-state index in [4.69, 9.17) is 0 Å². The standard InChI is InChI=1S/C58H44N2/c1-5-13-49-37-55(33-25-41(49)9-1)59(56-34-26-42-10-2-6-14-50(42)38-56)53-29-21-47(22-30-53)45-17-19-46(20-18-45)48-23-31-54(32-24-48)60(57-35-27-43-11-3-7-15-51(43)39-57)58-36-28-44-12-4-8-16-52(44)40-58/h1-17,19,21-23,25-31,33-40H,18,20,24,32H2. The summed E-state index contributed by atoms with van der Waals surface area (Å²) in [6, 6.07) is 70.9. The Bertz CT molecular complexity index is 3060. The molecule has 11 rings (SSSR count). The minimum absolute atomic E-state index is 0.978. The summed E-state index contributed by atoms with van der Waals surface area (Å²) in [5.74, 6) is 0. The lowest BCUT2D eigenvalue weighted by atomic mass is 9.86. The minimum Gasteiger partial charge on any atom is -0.314 e. The second-order valence-corrected chi connectivity index (χ2v) is 16.1. The topological polar surface area (TPSA) is 6.48 Å². The highest BCUT2D eigenvalue weighted by Crippen LogP contribution is 2.41. The van der Waals surface area contributed by atoms with Crippen LogP contribution < -0.4 is 9.80 Å². The van der Waals surface area contributed by atoms with Gasteiger partial charge in [-0.2, -0.15) is 0 Å². The molecule has 0 atom stereocenters. The summed E-state index contributed by atoms with van der Waals surface area (Å²) < 4.78 is 0. The van der Waals surface area contributed by atoms with E-state index in [0.717, 1.165) is 42.7 Å². The molecule has 0 aliphatic heterocycles. The van der Waals surface area contributed by atoms with Gasteiger partial charge in [0.1, 0.15) is 0 Å². The highest BCUT2D eigenvalue weighted by Gasteiger charge is 2.21. The Morgan fingerprint density at radius 1 is 0.250 bits per heavy atom. The average molecular weight is 769 g/mol. The largest absolute Gasteiger partial charge is 0.314 e. The fourth-order valence-electron chi connectivity index (χ4n) is 9.24. The van der Waals surface area contributed by atoms with E-state index in [0.29, 0.717) is 0 Å². The molecule has 0 aromatic heterocycles. The van der Waals surface area contributed by atoms with E-state index in [1.807, 2.05) is 0 Å². The van der Waals surface area contributed by atoms with Crippen molar-refractivity contribution in [1.82, 2.24) is 0 Å². The molecule has 60 heavy (non-hydrogen) atoms. The van der Waals surface area contributed by atoms with Crippen LogP contribution in [-0.4, -0.2) is 0 Å². The van der Waals surface area contributed by atoms with Crippen molar-refractivity contribution in [2.24, 2.45) is 0 Å². The monoisotopic (exact) mass is 768 g/mol. The SMILES string of the molecule is C1=C(C2=CC=C(N(c3ccc4ccccc4c3)c3ccc4ccccc4c3)CC2)CCC(c2ccc(N(c3ccc4ccccc4c3)c3ccc4ccccc4c3)cc2)=C1. The van der Waals surface area contributed by atoms with E-state index in [9.17, 15) is 0 Å². The van der Waals surface area contributed by atoms with Gasteiger partial charge in [-0.15, -0.1) is 0 Å². The Morgan fingerprint density at radius 3 is 0.967 bits per heavy atom. The van der Waals surface area contributed by atoms with Crippen LogP contribution in [0, 0.1) is 0 Å². The molecular formula is C58H44N2. The van der Waals surface area contributed by atoms with Gasteiger partial charge in [-0.1, -0.05) is 152 Å². The molecule has 0 amide bonds. The van der Waals surface area contributed by atoms with Crippen LogP contribution in [0.5, 0.6) is 0 Å². The summed E-state index contributed by atoms with van der Waals surface area (Å²) >= 11 is 0. The maximum Gasteiger partial charge on any atom is 0.0468 e. The minimum atomic E-state index is 0.978. The van der Waals surface area contributed by atoms with Gasteiger partial charge >= 0.3 is 0 Å². The predicted octanol–water partition coefficient (Wildman–Crippen LogP) is 16.3. The number of hydrogen-bond acceptors (Lipinski definition) is 2. The molecule has 0 radical (unpaired) electrons. The number of fused-ring (bicyclic) bond motifs is 4. The van der Waals surface area contributed by atoms with Gasteiger partial charge < -0.3 is 9.80 Å². The lowest BCUT2D eigenvalue weighted by Crippen LogP contribution is -2.18. The van der Waals surface area contributed by atoms with Crippen LogP contribution in [0.2, 0.25) is 0 Å². The Labute approximate surface area is 352 Å². The van der Waals surface area contributed by atoms with E-state index in [1.54, 1.807) is 0 Å². The van der Waals surface area contributed by atoms with Crippen molar-refractivity contribution >= 4 is 77.1 Å². The average Bonchev–Trinajstić information content (AvgIpc) is 3.32. The van der Waals surface area contributed by atoms with Crippen molar-refractivity contribution in [3.05, 3.63) is 241 Å². The fourth-order valence-corrected chi connectivity index (χ4v) is 9.24. The molecule has 0 spiro atoms. The molecule has 0 N–H and O–H groups in total. The molecule has 0 unspecified atom stereocenters. The van der Waals surface area contributed by atoms with Gasteiger partial charge in [0, 0.05) is 34.1 Å². The number of rotatable bonds is 8. The van der Waals surface area contributed by atoms with Crippen LogP contribution in [-0.2, 0) is 0 Å². The quantitative estimate of drug-likeness (QED) is 0.152. The molecule has 0 saturated heterocycles. The first kappa shape index (κ1) is 35.7. The summed E-state index contributed by atoms with van der Waals surface area (Å²) in [6.45, 7) is 0. The second kappa shape index (κ2) is 15.4. The Morgan fingerprint density at radius 2 is 0.583 bits per heavy atom. The van der Waals surface area contributed by atoms with E-state index in [1.165, 1.54) is 82.4 Å². The molecule has 2 nitrogen and oxygen atoms in total. The van der Waals surface area contributed by atoms with Gasteiger partial charge in [0.05, 0.1) is 0 Å².